The molecule has 0 saturated carbocycles. The van der Waals surface area contributed by atoms with Gasteiger partial charge in [0.15, 0.2) is 0 Å². The van der Waals surface area contributed by atoms with E-state index in [1.54, 1.807) is 0 Å². The highest BCUT2D eigenvalue weighted by molar-refractivity contribution is 4.80. The summed E-state index contributed by atoms with van der Waals surface area (Å²) >= 11 is 0. The number of likely N-dealkylation sites (tertiary alicyclic amines) is 1. The zero-order chi connectivity index (χ0) is 11.3. The molecular weight excluding hydrogens is 184 g/mol. The molecule has 1 aliphatic heterocycles. The normalized spacial score (nSPS) is 25.8. The molecule has 2 unspecified atom stereocenters. The Morgan fingerprint density at radius 2 is 2.07 bits per heavy atom. The van der Waals surface area contributed by atoms with Crippen LogP contribution in [-0.2, 0) is 0 Å². The largest absolute Gasteiger partial charge is 0.312 e. The van der Waals surface area contributed by atoms with Crippen LogP contribution in [0.15, 0.2) is 0 Å². The molecule has 1 N–H and O–H groups in total. The van der Waals surface area contributed by atoms with Crippen molar-refractivity contribution in [2.45, 2.75) is 59.0 Å². The molecule has 0 radical (unpaired) electrons. The minimum Gasteiger partial charge on any atom is -0.312 e. The van der Waals surface area contributed by atoms with E-state index in [-0.39, 0.29) is 0 Å². The number of rotatable bonds is 5. The van der Waals surface area contributed by atoms with Crippen molar-refractivity contribution in [2.75, 3.05) is 19.6 Å². The van der Waals surface area contributed by atoms with Gasteiger partial charge in [0.1, 0.15) is 0 Å². The Morgan fingerprint density at radius 3 is 2.67 bits per heavy atom. The Kier molecular flexibility index (Phi) is 5.62. The molecule has 0 aromatic carbocycles. The van der Waals surface area contributed by atoms with Crippen LogP contribution in [0.1, 0.15) is 47.0 Å². The fourth-order valence-corrected chi connectivity index (χ4v) is 2.23. The van der Waals surface area contributed by atoms with Gasteiger partial charge in [0.05, 0.1) is 0 Å². The van der Waals surface area contributed by atoms with E-state index in [9.17, 15) is 0 Å². The second-order valence-electron chi connectivity index (χ2n) is 5.39. The van der Waals surface area contributed by atoms with Gasteiger partial charge in [0.25, 0.3) is 0 Å². The molecule has 1 heterocycles. The summed E-state index contributed by atoms with van der Waals surface area (Å²) in [6.07, 6.45) is 4.00. The highest BCUT2D eigenvalue weighted by Gasteiger charge is 2.22. The van der Waals surface area contributed by atoms with Crippen molar-refractivity contribution >= 4 is 0 Å². The summed E-state index contributed by atoms with van der Waals surface area (Å²) in [6, 6.07) is 1.49. The maximum absolute atomic E-state index is 3.69. The third kappa shape index (κ3) is 4.52. The van der Waals surface area contributed by atoms with Crippen molar-refractivity contribution < 1.29 is 0 Å². The summed E-state index contributed by atoms with van der Waals surface area (Å²) in [6.45, 7) is 12.9. The topological polar surface area (TPSA) is 15.3 Å². The first-order valence-corrected chi connectivity index (χ1v) is 6.61. The van der Waals surface area contributed by atoms with Gasteiger partial charge in [-0.25, -0.2) is 0 Å². The lowest BCUT2D eigenvalue weighted by atomic mass is 10.0. The summed E-state index contributed by atoms with van der Waals surface area (Å²) in [5.41, 5.74) is 0. The summed E-state index contributed by atoms with van der Waals surface area (Å²) in [5, 5.41) is 3.69. The van der Waals surface area contributed by atoms with Crippen LogP contribution < -0.4 is 5.32 Å². The third-order valence-corrected chi connectivity index (χ3v) is 3.48. The van der Waals surface area contributed by atoms with Gasteiger partial charge in [-0.3, -0.25) is 4.90 Å². The fourth-order valence-electron chi connectivity index (χ4n) is 2.23. The average molecular weight is 212 g/mol. The van der Waals surface area contributed by atoms with E-state index in [0.717, 1.165) is 18.0 Å². The van der Waals surface area contributed by atoms with Crippen LogP contribution in [0.4, 0.5) is 0 Å². The number of nitrogens with one attached hydrogen (secondary N) is 1. The fraction of sp³-hybridized carbons (Fsp3) is 1.00. The molecule has 2 atom stereocenters. The summed E-state index contributed by atoms with van der Waals surface area (Å²) < 4.78 is 0. The smallest absolute Gasteiger partial charge is 0.0195 e. The summed E-state index contributed by atoms with van der Waals surface area (Å²) in [4.78, 5) is 2.64. The molecule has 1 fully saturated rings. The van der Waals surface area contributed by atoms with Gasteiger partial charge >= 0.3 is 0 Å². The molecule has 0 aliphatic carbocycles. The lowest BCUT2D eigenvalue weighted by Gasteiger charge is -2.37. The van der Waals surface area contributed by atoms with Gasteiger partial charge in [-0.15, -0.1) is 0 Å². The van der Waals surface area contributed by atoms with Gasteiger partial charge in [-0.1, -0.05) is 20.8 Å². The molecule has 15 heavy (non-hydrogen) atoms. The first kappa shape index (κ1) is 13.0. The van der Waals surface area contributed by atoms with E-state index in [1.165, 1.54) is 38.9 Å². The average Bonchev–Trinajstić information content (AvgIpc) is 2.25. The Morgan fingerprint density at radius 1 is 1.33 bits per heavy atom. The zero-order valence-corrected chi connectivity index (χ0v) is 10.9. The van der Waals surface area contributed by atoms with E-state index in [1.807, 2.05) is 0 Å². The van der Waals surface area contributed by atoms with Gasteiger partial charge < -0.3 is 5.32 Å². The monoisotopic (exact) mass is 212 g/mol. The second kappa shape index (κ2) is 6.49. The van der Waals surface area contributed by atoms with Crippen molar-refractivity contribution in [3.63, 3.8) is 0 Å². The van der Waals surface area contributed by atoms with Crippen LogP contribution in [0.2, 0.25) is 0 Å². The van der Waals surface area contributed by atoms with Crippen molar-refractivity contribution in [1.82, 2.24) is 10.2 Å². The molecule has 1 saturated heterocycles. The van der Waals surface area contributed by atoms with E-state index >= 15 is 0 Å². The molecule has 90 valence electrons. The number of piperidine rings is 1. The van der Waals surface area contributed by atoms with Crippen LogP contribution >= 0.6 is 0 Å². The standard InChI is InChI=1S/C13H28N2/c1-5-12(4)15-8-6-7-13(10-15)14-9-11(2)3/h11-14H,5-10H2,1-4H3. The molecular formula is C13H28N2. The number of hydrogen-bond donors (Lipinski definition) is 1. The molecule has 0 spiro atoms. The van der Waals surface area contributed by atoms with Crippen molar-refractivity contribution in [3.05, 3.63) is 0 Å². The van der Waals surface area contributed by atoms with Crippen LogP contribution in [0.3, 0.4) is 0 Å². The lowest BCUT2D eigenvalue weighted by Crippen LogP contribution is -2.49. The molecule has 2 heteroatoms. The molecule has 0 aromatic heterocycles. The van der Waals surface area contributed by atoms with Crippen LogP contribution in [0, 0.1) is 5.92 Å². The Balaban J connectivity index is 2.29. The second-order valence-corrected chi connectivity index (χ2v) is 5.39. The SMILES string of the molecule is CCC(C)N1CCCC(NCC(C)C)C1. The Bertz CT molecular complexity index is 168. The van der Waals surface area contributed by atoms with E-state index in [0.29, 0.717) is 0 Å². The molecule has 1 rings (SSSR count). The Labute approximate surface area is 95.4 Å². The minimum absolute atomic E-state index is 0.732. The molecule has 0 aromatic rings. The van der Waals surface area contributed by atoms with Gasteiger partial charge in [-0.2, -0.15) is 0 Å². The maximum atomic E-state index is 3.69. The molecule has 0 amide bonds. The van der Waals surface area contributed by atoms with E-state index in [4.69, 9.17) is 0 Å². The molecule has 2 nitrogen and oxygen atoms in total. The van der Waals surface area contributed by atoms with Gasteiger partial charge in [0, 0.05) is 18.6 Å². The predicted molar refractivity (Wildman–Crippen MR) is 67.2 cm³/mol. The van der Waals surface area contributed by atoms with Crippen LogP contribution in [0.25, 0.3) is 0 Å². The van der Waals surface area contributed by atoms with Crippen LogP contribution in [-0.4, -0.2) is 36.6 Å². The highest BCUT2D eigenvalue weighted by atomic mass is 15.2. The minimum atomic E-state index is 0.732. The first-order valence-electron chi connectivity index (χ1n) is 6.61. The summed E-state index contributed by atoms with van der Waals surface area (Å²) in [7, 11) is 0. The summed E-state index contributed by atoms with van der Waals surface area (Å²) in [5.74, 6) is 0.768. The lowest BCUT2D eigenvalue weighted by molar-refractivity contribution is 0.141. The van der Waals surface area contributed by atoms with Crippen LogP contribution in [0.5, 0.6) is 0 Å². The maximum Gasteiger partial charge on any atom is 0.0195 e. The quantitative estimate of drug-likeness (QED) is 0.753. The van der Waals surface area contributed by atoms with Crippen molar-refractivity contribution in [3.8, 4) is 0 Å². The van der Waals surface area contributed by atoms with E-state index in [2.05, 4.69) is 37.9 Å². The Hall–Kier alpha value is -0.0800. The molecule has 0 bridgehead atoms. The zero-order valence-electron chi connectivity index (χ0n) is 10.9. The molecule has 1 aliphatic rings. The first-order chi connectivity index (χ1) is 7.13. The van der Waals surface area contributed by atoms with E-state index < -0.39 is 0 Å². The van der Waals surface area contributed by atoms with Crippen molar-refractivity contribution in [2.24, 2.45) is 5.92 Å². The highest BCUT2D eigenvalue weighted by Crippen LogP contribution is 2.14. The van der Waals surface area contributed by atoms with Gasteiger partial charge in [0.2, 0.25) is 0 Å². The van der Waals surface area contributed by atoms with Crippen molar-refractivity contribution in [1.29, 1.82) is 0 Å². The number of nitrogens with zero attached hydrogens (tertiary/aromatic N) is 1. The third-order valence-electron chi connectivity index (χ3n) is 3.48. The van der Waals surface area contributed by atoms with Gasteiger partial charge in [-0.05, 0) is 45.2 Å². The number of hydrogen-bond acceptors (Lipinski definition) is 2. The predicted octanol–water partition coefficient (Wildman–Crippen LogP) is 2.49.